The molecule has 0 aliphatic carbocycles. The standard InChI is InChI=1S/C27H28N2O3/c1-5-17(2)21-11-14-25-23(15-21)29-27(32-25)20-9-12-22(13-10-20)28-26(30)16-31-24-8-6-7-18(3)19(24)4/h6-15,17H,5,16H2,1-4H3,(H,28,30)/t17-/m0/s1. The lowest BCUT2D eigenvalue weighted by Gasteiger charge is -2.11. The number of oxazole rings is 1. The molecule has 1 aromatic heterocycles. The van der Waals surface area contributed by atoms with Gasteiger partial charge in [0.05, 0.1) is 0 Å². The lowest BCUT2D eigenvalue weighted by molar-refractivity contribution is -0.118. The smallest absolute Gasteiger partial charge is 0.262 e. The van der Waals surface area contributed by atoms with Crippen LogP contribution in [-0.2, 0) is 4.79 Å². The van der Waals surface area contributed by atoms with Gasteiger partial charge >= 0.3 is 0 Å². The third-order valence-corrected chi connectivity index (χ3v) is 5.92. The van der Waals surface area contributed by atoms with Crippen LogP contribution in [-0.4, -0.2) is 17.5 Å². The predicted molar refractivity (Wildman–Crippen MR) is 128 cm³/mol. The number of fused-ring (bicyclic) bond motifs is 1. The molecule has 32 heavy (non-hydrogen) atoms. The summed E-state index contributed by atoms with van der Waals surface area (Å²) < 4.78 is 11.6. The van der Waals surface area contributed by atoms with E-state index in [-0.39, 0.29) is 12.5 Å². The van der Waals surface area contributed by atoms with Crippen molar-refractivity contribution in [3.05, 3.63) is 77.4 Å². The molecule has 0 aliphatic heterocycles. The van der Waals surface area contributed by atoms with E-state index in [4.69, 9.17) is 9.15 Å². The molecule has 0 spiro atoms. The molecule has 5 nitrogen and oxygen atoms in total. The van der Waals surface area contributed by atoms with Crippen LogP contribution in [0.4, 0.5) is 5.69 Å². The number of hydrogen-bond donors (Lipinski definition) is 1. The van der Waals surface area contributed by atoms with Gasteiger partial charge in [0.15, 0.2) is 12.2 Å². The summed E-state index contributed by atoms with van der Waals surface area (Å²) in [4.78, 5) is 17.0. The molecule has 4 aromatic rings. The molecule has 0 saturated heterocycles. The van der Waals surface area contributed by atoms with Crippen LogP contribution in [0.1, 0.15) is 42.9 Å². The van der Waals surface area contributed by atoms with Crippen LogP contribution in [0.3, 0.4) is 0 Å². The summed E-state index contributed by atoms with van der Waals surface area (Å²) in [5.41, 5.74) is 6.62. The number of nitrogens with zero attached hydrogens (tertiary/aromatic N) is 1. The van der Waals surface area contributed by atoms with Gasteiger partial charge in [-0.05, 0) is 85.3 Å². The van der Waals surface area contributed by atoms with Gasteiger partial charge in [-0.25, -0.2) is 4.98 Å². The van der Waals surface area contributed by atoms with Crippen molar-refractivity contribution in [3.8, 4) is 17.2 Å². The van der Waals surface area contributed by atoms with Crippen LogP contribution < -0.4 is 10.1 Å². The SMILES string of the molecule is CC[C@H](C)c1ccc2oc(-c3ccc(NC(=O)COc4cccc(C)c4C)cc3)nc2c1. The van der Waals surface area contributed by atoms with E-state index in [2.05, 4.69) is 36.3 Å². The number of anilines is 1. The largest absolute Gasteiger partial charge is 0.483 e. The van der Waals surface area contributed by atoms with E-state index in [0.29, 0.717) is 17.5 Å². The Kier molecular flexibility index (Phi) is 6.26. The number of carbonyl (C=O) groups is 1. The summed E-state index contributed by atoms with van der Waals surface area (Å²) in [6.07, 6.45) is 1.08. The molecule has 0 unspecified atom stereocenters. The summed E-state index contributed by atoms with van der Waals surface area (Å²) in [6.45, 7) is 8.35. The monoisotopic (exact) mass is 428 g/mol. The van der Waals surface area contributed by atoms with Crippen molar-refractivity contribution < 1.29 is 13.9 Å². The first kappa shape index (κ1) is 21.6. The Bertz CT molecular complexity index is 1240. The second-order valence-electron chi connectivity index (χ2n) is 8.17. The molecule has 1 heterocycles. The van der Waals surface area contributed by atoms with Gasteiger partial charge in [-0.15, -0.1) is 0 Å². The van der Waals surface area contributed by atoms with Crippen molar-refractivity contribution in [1.29, 1.82) is 0 Å². The second-order valence-corrected chi connectivity index (χ2v) is 8.17. The first-order valence-corrected chi connectivity index (χ1v) is 10.9. The van der Waals surface area contributed by atoms with Crippen LogP contribution >= 0.6 is 0 Å². The summed E-state index contributed by atoms with van der Waals surface area (Å²) in [5, 5.41) is 2.86. The molecule has 0 radical (unpaired) electrons. The minimum Gasteiger partial charge on any atom is -0.483 e. The van der Waals surface area contributed by atoms with Gasteiger partial charge in [0.25, 0.3) is 5.91 Å². The number of benzene rings is 3. The van der Waals surface area contributed by atoms with Gasteiger partial charge < -0.3 is 14.5 Å². The van der Waals surface area contributed by atoms with E-state index in [1.807, 2.05) is 62.4 Å². The Balaban J connectivity index is 1.41. The fourth-order valence-corrected chi connectivity index (χ4v) is 3.53. The minimum absolute atomic E-state index is 0.0459. The van der Waals surface area contributed by atoms with Crippen LogP contribution in [0.2, 0.25) is 0 Å². The Morgan fingerprint density at radius 2 is 1.88 bits per heavy atom. The molecular formula is C27H28N2O3. The zero-order valence-electron chi connectivity index (χ0n) is 18.9. The van der Waals surface area contributed by atoms with E-state index in [1.165, 1.54) is 5.56 Å². The molecule has 3 aromatic carbocycles. The first-order chi connectivity index (χ1) is 15.4. The van der Waals surface area contributed by atoms with Crippen molar-refractivity contribution in [2.75, 3.05) is 11.9 Å². The van der Waals surface area contributed by atoms with Gasteiger partial charge in [0.2, 0.25) is 5.89 Å². The molecule has 5 heteroatoms. The quantitative estimate of drug-likeness (QED) is 0.358. The molecule has 1 amide bonds. The number of hydrogen-bond acceptors (Lipinski definition) is 4. The highest BCUT2D eigenvalue weighted by atomic mass is 16.5. The highest BCUT2D eigenvalue weighted by Crippen LogP contribution is 2.28. The number of nitrogens with one attached hydrogen (secondary N) is 1. The normalized spacial score (nSPS) is 12.0. The van der Waals surface area contributed by atoms with Crippen LogP contribution in [0.5, 0.6) is 5.75 Å². The Morgan fingerprint density at radius 3 is 2.62 bits per heavy atom. The first-order valence-electron chi connectivity index (χ1n) is 10.9. The van der Waals surface area contributed by atoms with Gasteiger partial charge in [0, 0.05) is 11.3 Å². The summed E-state index contributed by atoms with van der Waals surface area (Å²) >= 11 is 0. The van der Waals surface area contributed by atoms with Crippen LogP contribution in [0.15, 0.2) is 65.1 Å². The fourth-order valence-electron chi connectivity index (χ4n) is 3.53. The molecular weight excluding hydrogens is 400 g/mol. The van der Waals surface area contributed by atoms with Crippen molar-refractivity contribution in [3.63, 3.8) is 0 Å². The van der Waals surface area contributed by atoms with E-state index < -0.39 is 0 Å². The van der Waals surface area contributed by atoms with Crippen molar-refractivity contribution in [2.24, 2.45) is 0 Å². The molecule has 0 saturated carbocycles. The molecule has 1 atom stereocenters. The van der Waals surface area contributed by atoms with Gasteiger partial charge in [-0.2, -0.15) is 0 Å². The molecule has 0 bridgehead atoms. The Labute approximate surface area is 188 Å². The van der Waals surface area contributed by atoms with Crippen molar-refractivity contribution in [1.82, 2.24) is 4.98 Å². The average molecular weight is 429 g/mol. The van der Waals surface area contributed by atoms with Gasteiger partial charge in [0.1, 0.15) is 11.3 Å². The number of carbonyl (C=O) groups excluding carboxylic acids is 1. The predicted octanol–water partition coefficient (Wildman–Crippen LogP) is 6.64. The highest BCUT2D eigenvalue weighted by molar-refractivity contribution is 5.92. The van der Waals surface area contributed by atoms with Crippen LogP contribution in [0.25, 0.3) is 22.6 Å². The fraction of sp³-hybridized carbons (Fsp3) is 0.259. The van der Waals surface area contributed by atoms with E-state index >= 15 is 0 Å². The molecule has 1 N–H and O–H groups in total. The van der Waals surface area contributed by atoms with Crippen LogP contribution in [0, 0.1) is 13.8 Å². The van der Waals surface area contributed by atoms with Gasteiger partial charge in [-0.3, -0.25) is 4.79 Å². The number of rotatable bonds is 7. The highest BCUT2D eigenvalue weighted by Gasteiger charge is 2.12. The lowest BCUT2D eigenvalue weighted by Crippen LogP contribution is -2.20. The maximum absolute atomic E-state index is 12.3. The topological polar surface area (TPSA) is 64.4 Å². The number of amides is 1. The Hall–Kier alpha value is -3.60. The molecule has 164 valence electrons. The summed E-state index contributed by atoms with van der Waals surface area (Å²) in [6, 6.07) is 19.5. The zero-order chi connectivity index (χ0) is 22.7. The van der Waals surface area contributed by atoms with Crippen molar-refractivity contribution >= 4 is 22.7 Å². The molecule has 4 rings (SSSR count). The number of aryl methyl sites for hydroxylation is 1. The summed E-state index contributed by atoms with van der Waals surface area (Å²) in [7, 11) is 0. The minimum atomic E-state index is -0.210. The van der Waals surface area contributed by atoms with E-state index in [9.17, 15) is 4.79 Å². The Morgan fingerprint density at radius 1 is 1.09 bits per heavy atom. The number of ether oxygens (including phenoxy) is 1. The zero-order valence-corrected chi connectivity index (χ0v) is 18.9. The lowest BCUT2D eigenvalue weighted by atomic mass is 9.98. The second kappa shape index (κ2) is 9.27. The third-order valence-electron chi connectivity index (χ3n) is 5.92. The third kappa shape index (κ3) is 4.67. The van der Waals surface area contributed by atoms with E-state index in [1.54, 1.807) is 0 Å². The van der Waals surface area contributed by atoms with Crippen molar-refractivity contribution in [2.45, 2.75) is 40.0 Å². The molecule has 0 fully saturated rings. The maximum atomic E-state index is 12.3. The van der Waals surface area contributed by atoms with E-state index in [0.717, 1.165) is 40.0 Å². The average Bonchev–Trinajstić information content (AvgIpc) is 3.23. The molecule has 0 aliphatic rings. The number of aromatic nitrogens is 1. The summed E-state index contributed by atoms with van der Waals surface area (Å²) in [5.74, 6) is 1.57. The maximum Gasteiger partial charge on any atom is 0.262 e. The van der Waals surface area contributed by atoms with Gasteiger partial charge in [-0.1, -0.05) is 32.0 Å².